The fraction of sp³-hybridized carbons (Fsp3) is 0.143. The zero-order chi connectivity index (χ0) is 9.30. The van der Waals surface area contributed by atoms with Gasteiger partial charge in [-0.3, -0.25) is 0 Å². The quantitative estimate of drug-likeness (QED) is 0.388. The van der Waals surface area contributed by atoms with Gasteiger partial charge in [0.2, 0.25) is 0 Å². The Morgan fingerprint density at radius 2 is 2.00 bits per heavy atom. The summed E-state index contributed by atoms with van der Waals surface area (Å²) in [5, 5.41) is 17.6. The van der Waals surface area contributed by atoms with Crippen LogP contribution in [0.2, 0.25) is 0 Å². The summed E-state index contributed by atoms with van der Waals surface area (Å²) in [5.74, 6) is -0.568. The van der Waals surface area contributed by atoms with Crippen molar-refractivity contribution in [1.29, 1.82) is 0 Å². The van der Waals surface area contributed by atoms with Crippen molar-refractivity contribution in [2.45, 2.75) is 6.92 Å². The van der Waals surface area contributed by atoms with Crippen LogP contribution in [-0.4, -0.2) is 17.2 Å². The summed E-state index contributed by atoms with van der Waals surface area (Å²) >= 11 is 0. The predicted molar refractivity (Wildman–Crippen MR) is 45.4 cm³/mol. The van der Waals surface area contributed by atoms with Crippen LogP contribution in [0.25, 0.3) is 0 Å². The van der Waals surface area contributed by atoms with Crippen LogP contribution < -0.4 is 11.2 Å². The van der Waals surface area contributed by atoms with E-state index in [1.54, 1.807) is 6.92 Å². The van der Waals surface area contributed by atoms with E-state index in [9.17, 15) is 4.39 Å². The molecule has 0 spiro atoms. The number of hydrogen-bond donors (Lipinski definition) is 3. The molecule has 0 bridgehead atoms. The lowest BCUT2D eigenvalue weighted by atomic mass is 9.77. The standard InChI is InChI=1S/C7H9BFNO2/c1-4-6(8(11)12)2-5(9)3-7(4)10/h2-3,11-12H,10H2,1H3. The minimum absolute atomic E-state index is 0.104. The lowest BCUT2D eigenvalue weighted by molar-refractivity contribution is 0.425. The normalized spacial score (nSPS) is 10.0. The molecule has 0 amide bonds. The van der Waals surface area contributed by atoms with E-state index >= 15 is 0 Å². The Bertz CT molecular complexity index is 304. The average Bonchev–Trinajstić information content (AvgIpc) is 1.96. The Morgan fingerprint density at radius 1 is 1.42 bits per heavy atom. The van der Waals surface area contributed by atoms with Gasteiger partial charge in [-0.2, -0.15) is 0 Å². The van der Waals surface area contributed by atoms with Crippen LogP contribution in [0.4, 0.5) is 10.1 Å². The minimum atomic E-state index is -1.68. The van der Waals surface area contributed by atoms with E-state index in [0.29, 0.717) is 5.56 Å². The molecule has 0 radical (unpaired) electrons. The van der Waals surface area contributed by atoms with Gasteiger partial charge in [-0.1, -0.05) is 0 Å². The lowest BCUT2D eigenvalue weighted by Gasteiger charge is -2.07. The zero-order valence-corrected chi connectivity index (χ0v) is 6.58. The number of hydrogen-bond acceptors (Lipinski definition) is 3. The summed E-state index contributed by atoms with van der Waals surface area (Å²) in [6, 6.07) is 2.19. The monoisotopic (exact) mass is 169 g/mol. The first-order chi connectivity index (χ1) is 5.52. The van der Waals surface area contributed by atoms with Gasteiger partial charge in [0.1, 0.15) is 5.82 Å². The summed E-state index contributed by atoms with van der Waals surface area (Å²) < 4.78 is 12.7. The van der Waals surface area contributed by atoms with Gasteiger partial charge < -0.3 is 15.8 Å². The molecule has 1 aromatic carbocycles. The topological polar surface area (TPSA) is 66.5 Å². The Labute approximate surface area is 69.8 Å². The molecule has 0 aliphatic heterocycles. The Balaban J connectivity index is 3.28. The van der Waals surface area contributed by atoms with Crippen molar-refractivity contribution in [3.63, 3.8) is 0 Å². The van der Waals surface area contributed by atoms with Crippen molar-refractivity contribution in [1.82, 2.24) is 0 Å². The maximum atomic E-state index is 12.7. The van der Waals surface area contributed by atoms with E-state index in [1.807, 2.05) is 0 Å². The third kappa shape index (κ3) is 1.57. The van der Waals surface area contributed by atoms with Gasteiger partial charge in [0.15, 0.2) is 0 Å². The van der Waals surface area contributed by atoms with Gasteiger partial charge in [0, 0.05) is 5.69 Å². The van der Waals surface area contributed by atoms with Gasteiger partial charge >= 0.3 is 7.12 Å². The SMILES string of the molecule is Cc1c(N)cc(F)cc1B(O)O. The van der Waals surface area contributed by atoms with Gasteiger partial charge in [-0.15, -0.1) is 0 Å². The van der Waals surface area contributed by atoms with Crippen molar-refractivity contribution in [2.75, 3.05) is 5.73 Å². The molecule has 5 heteroatoms. The Hall–Kier alpha value is -1.07. The molecule has 1 rings (SSSR count). The molecule has 0 aromatic heterocycles. The highest BCUT2D eigenvalue weighted by Crippen LogP contribution is 2.09. The van der Waals surface area contributed by atoms with Crippen molar-refractivity contribution in [3.8, 4) is 0 Å². The number of nitrogens with two attached hydrogens (primary N) is 1. The van der Waals surface area contributed by atoms with Crippen LogP contribution in [-0.2, 0) is 0 Å². The zero-order valence-electron chi connectivity index (χ0n) is 6.58. The molecular weight excluding hydrogens is 160 g/mol. The summed E-state index contributed by atoms with van der Waals surface area (Å²) in [7, 11) is -1.68. The van der Waals surface area contributed by atoms with Gasteiger partial charge in [-0.05, 0) is 30.1 Å². The van der Waals surface area contributed by atoms with Crippen molar-refractivity contribution in [2.24, 2.45) is 0 Å². The highest BCUT2D eigenvalue weighted by molar-refractivity contribution is 6.59. The number of rotatable bonds is 1. The lowest BCUT2D eigenvalue weighted by Crippen LogP contribution is -2.33. The first-order valence-electron chi connectivity index (χ1n) is 3.44. The Kier molecular flexibility index (Phi) is 2.35. The summed E-state index contributed by atoms with van der Waals surface area (Å²) in [6.45, 7) is 1.60. The molecule has 0 unspecified atom stereocenters. The molecule has 0 saturated heterocycles. The highest BCUT2D eigenvalue weighted by atomic mass is 19.1. The molecule has 0 saturated carbocycles. The van der Waals surface area contributed by atoms with E-state index < -0.39 is 12.9 Å². The van der Waals surface area contributed by atoms with Crippen LogP contribution in [0.5, 0.6) is 0 Å². The highest BCUT2D eigenvalue weighted by Gasteiger charge is 2.16. The van der Waals surface area contributed by atoms with Crippen LogP contribution in [0.15, 0.2) is 12.1 Å². The second-order valence-electron chi connectivity index (χ2n) is 2.58. The second-order valence-corrected chi connectivity index (χ2v) is 2.58. The largest absolute Gasteiger partial charge is 0.488 e. The first-order valence-corrected chi connectivity index (χ1v) is 3.44. The van der Waals surface area contributed by atoms with Gasteiger partial charge in [0.05, 0.1) is 0 Å². The van der Waals surface area contributed by atoms with Crippen molar-refractivity contribution in [3.05, 3.63) is 23.5 Å². The fourth-order valence-electron chi connectivity index (χ4n) is 0.990. The maximum absolute atomic E-state index is 12.7. The fourth-order valence-corrected chi connectivity index (χ4v) is 0.990. The molecule has 4 N–H and O–H groups in total. The second kappa shape index (κ2) is 3.12. The predicted octanol–water partition coefficient (Wildman–Crippen LogP) is -0.604. The molecule has 0 aliphatic carbocycles. The van der Waals surface area contributed by atoms with Crippen LogP contribution in [0.3, 0.4) is 0 Å². The first kappa shape index (κ1) is 9.03. The van der Waals surface area contributed by atoms with Crippen molar-refractivity contribution >= 4 is 18.3 Å². The molecule has 1 aromatic rings. The van der Waals surface area contributed by atoms with Crippen LogP contribution in [0.1, 0.15) is 5.56 Å². The number of halogens is 1. The molecular formula is C7H9BFNO2. The molecule has 3 nitrogen and oxygen atoms in total. The molecule has 0 aliphatic rings. The summed E-state index contributed by atoms with van der Waals surface area (Å²) in [4.78, 5) is 0. The molecule has 64 valence electrons. The third-order valence-corrected chi connectivity index (χ3v) is 1.73. The number of benzene rings is 1. The average molecular weight is 169 g/mol. The Morgan fingerprint density at radius 3 is 2.50 bits per heavy atom. The van der Waals surface area contributed by atoms with Gasteiger partial charge in [0.25, 0.3) is 0 Å². The third-order valence-electron chi connectivity index (χ3n) is 1.73. The maximum Gasteiger partial charge on any atom is 0.488 e. The minimum Gasteiger partial charge on any atom is -0.423 e. The summed E-state index contributed by atoms with van der Waals surface area (Å²) in [5.41, 5.74) is 6.21. The number of nitrogen functional groups attached to an aromatic ring is 1. The van der Waals surface area contributed by atoms with E-state index in [0.717, 1.165) is 12.1 Å². The number of anilines is 1. The van der Waals surface area contributed by atoms with E-state index in [4.69, 9.17) is 15.8 Å². The van der Waals surface area contributed by atoms with E-state index in [1.165, 1.54) is 0 Å². The summed E-state index contributed by atoms with van der Waals surface area (Å²) in [6.07, 6.45) is 0. The molecule has 0 atom stereocenters. The van der Waals surface area contributed by atoms with E-state index in [2.05, 4.69) is 0 Å². The smallest absolute Gasteiger partial charge is 0.423 e. The van der Waals surface area contributed by atoms with Crippen molar-refractivity contribution < 1.29 is 14.4 Å². The van der Waals surface area contributed by atoms with E-state index in [-0.39, 0.29) is 11.2 Å². The van der Waals surface area contributed by atoms with Crippen LogP contribution >= 0.6 is 0 Å². The molecule has 0 fully saturated rings. The van der Waals surface area contributed by atoms with Crippen LogP contribution in [0, 0.1) is 12.7 Å². The van der Waals surface area contributed by atoms with Gasteiger partial charge in [-0.25, -0.2) is 4.39 Å². The molecule has 0 heterocycles. The molecule has 12 heavy (non-hydrogen) atoms.